The number of allylic oxidation sites excluding steroid dienone is 5. The molecule has 4 aliphatic heterocycles. The molecule has 0 aliphatic carbocycles. The van der Waals surface area contributed by atoms with E-state index in [0.29, 0.717) is 0 Å². The number of anilines is 5. The number of aromatic nitrogens is 7. The van der Waals surface area contributed by atoms with Gasteiger partial charge in [0, 0.05) is 53.7 Å². The van der Waals surface area contributed by atoms with Crippen LogP contribution in [0.2, 0.25) is 0 Å². The fraction of sp³-hybridized carbons (Fsp3) is 0.0217. The fourth-order valence-corrected chi connectivity index (χ4v) is 8.94. The molecular weight excluding hydrogens is 717 g/mol. The molecule has 0 N–H and O–H groups in total. The van der Waals surface area contributed by atoms with Crippen molar-refractivity contribution in [3.63, 3.8) is 0 Å². The summed E-state index contributed by atoms with van der Waals surface area (Å²) >= 11 is 0. The van der Waals surface area contributed by atoms with Gasteiger partial charge in [0.2, 0.25) is 0 Å². The molecule has 11 nitrogen and oxygen atoms in total. The maximum Gasteiger partial charge on any atom is 0.278 e. The van der Waals surface area contributed by atoms with Crippen molar-refractivity contribution in [3.8, 4) is 11.5 Å². The maximum absolute atomic E-state index is 5.17. The molecule has 0 radical (unpaired) electrons. The van der Waals surface area contributed by atoms with Crippen LogP contribution < -0.4 is 31.6 Å². The predicted octanol–water partition coefficient (Wildman–Crippen LogP) is 6.36. The van der Waals surface area contributed by atoms with E-state index in [4.69, 9.17) is 34.9 Å². The van der Waals surface area contributed by atoms with Gasteiger partial charge in [0.1, 0.15) is 40.8 Å². The highest BCUT2D eigenvalue weighted by Crippen LogP contribution is 2.46. The lowest BCUT2D eigenvalue weighted by atomic mass is 9.34. The van der Waals surface area contributed by atoms with E-state index in [9.17, 15) is 0 Å². The summed E-state index contributed by atoms with van der Waals surface area (Å²) in [5, 5.41) is 2.73. The number of fused-ring (bicyclic) bond motifs is 8. The minimum absolute atomic E-state index is 0.332. The van der Waals surface area contributed by atoms with Crippen LogP contribution in [0, 0.1) is 0 Å². The molecule has 6 aromatic heterocycles. The number of hydrogen-bond acceptors (Lipinski definition) is 9. The SMILES string of the molecule is C=C1C=CC=NC2=C1B1c3c(cc(N(c4ccccn4)c4ccccn4)cc3-n3c4c1ncnc4c1c4c(n(-c5ccccn5)c13)=CCC=CN=4)N2c1ccccc1. The van der Waals surface area contributed by atoms with E-state index in [1.54, 1.807) is 6.33 Å². The molecule has 2 aromatic carbocycles. The highest BCUT2D eigenvalue weighted by Gasteiger charge is 2.46. The zero-order valence-electron chi connectivity index (χ0n) is 30.9. The van der Waals surface area contributed by atoms with Gasteiger partial charge in [-0.3, -0.25) is 23.9 Å². The van der Waals surface area contributed by atoms with E-state index in [2.05, 4.69) is 74.1 Å². The van der Waals surface area contributed by atoms with Gasteiger partial charge in [0.15, 0.2) is 0 Å². The molecule has 0 bridgehead atoms. The Morgan fingerprint density at radius 1 is 0.759 bits per heavy atom. The Balaban J connectivity index is 1.31. The van der Waals surface area contributed by atoms with E-state index in [1.807, 2.05) is 104 Å². The minimum Gasteiger partial charge on any atom is -0.296 e. The Morgan fingerprint density at radius 2 is 1.52 bits per heavy atom. The van der Waals surface area contributed by atoms with Crippen LogP contribution in [0.4, 0.5) is 28.7 Å². The Bertz CT molecular complexity index is 3240. The van der Waals surface area contributed by atoms with Gasteiger partial charge < -0.3 is 0 Å². The zero-order valence-corrected chi connectivity index (χ0v) is 30.9. The van der Waals surface area contributed by atoms with Crippen LogP contribution >= 0.6 is 0 Å². The average Bonchev–Trinajstić information content (AvgIpc) is 3.55. The molecule has 12 heteroatoms. The number of aliphatic imine (C=N–C) groups is 1. The molecule has 0 unspecified atom stereocenters. The monoisotopic (exact) mass is 747 g/mol. The third-order valence-corrected chi connectivity index (χ3v) is 11.2. The number of para-hydroxylation sites is 1. The summed E-state index contributed by atoms with van der Waals surface area (Å²) in [5.41, 5.74) is 10.1. The number of hydrogen-bond donors (Lipinski definition) is 0. The predicted molar refractivity (Wildman–Crippen MR) is 230 cm³/mol. The lowest BCUT2D eigenvalue weighted by Gasteiger charge is -2.40. The third kappa shape index (κ3) is 4.53. The summed E-state index contributed by atoms with van der Waals surface area (Å²) in [5.74, 6) is 3.01. The molecule has 0 fully saturated rings. The second kappa shape index (κ2) is 12.5. The molecule has 0 atom stereocenters. The Morgan fingerprint density at radius 3 is 2.28 bits per heavy atom. The van der Waals surface area contributed by atoms with Crippen molar-refractivity contribution < 1.29 is 0 Å². The average molecular weight is 748 g/mol. The molecule has 0 saturated carbocycles. The number of benzene rings is 2. The van der Waals surface area contributed by atoms with Gasteiger partial charge in [-0.2, -0.15) is 0 Å². The fourth-order valence-electron chi connectivity index (χ4n) is 8.94. The second-order valence-corrected chi connectivity index (χ2v) is 14.3. The molecule has 0 spiro atoms. The molecule has 10 heterocycles. The summed E-state index contributed by atoms with van der Waals surface area (Å²) in [6, 6.07) is 32.7. The van der Waals surface area contributed by atoms with Gasteiger partial charge in [0.05, 0.1) is 27.3 Å². The van der Waals surface area contributed by atoms with Crippen LogP contribution in [0.1, 0.15) is 6.42 Å². The van der Waals surface area contributed by atoms with Crippen molar-refractivity contribution in [2.75, 3.05) is 9.80 Å². The van der Waals surface area contributed by atoms with Crippen molar-refractivity contribution in [1.82, 2.24) is 34.1 Å². The van der Waals surface area contributed by atoms with Crippen molar-refractivity contribution in [2.24, 2.45) is 9.98 Å². The number of pyridine rings is 3. The summed E-state index contributed by atoms with van der Waals surface area (Å²) in [6.45, 7) is 4.31. The third-order valence-electron chi connectivity index (χ3n) is 11.2. The van der Waals surface area contributed by atoms with E-state index in [-0.39, 0.29) is 6.71 Å². The number of nitrogens with zero attached hydrogens (tertiary/aromatic N) is 11. The standard InChI is InChI=1S/C46H30BN11/c1-29-14-13-25-52-45-39(29)47-40-33(55(45)30-15-3-2-4-16-30)26-31(56(35-18-6-10-21-48-35)36-19-7-11-22-49-36)27-34(40)58-43-42(53-28-54-44(43)47)38-41-32(17-5-9-24-51-41)57(46(38)58)37-20-8-12-23-50-37/h2-4,6-28H,1,5H2. The maximum atomic E-state index is 5.17. The summed E-state index contributed by atoms with van der Waals surface area (Å²) in [7, 11) is 0. The normalized spacial score (nSPS) is 14.8. The smallest absolute Gasteiger partial charge is 0.278 e. The van der Waals surface area contributed by atoms with Crippen LogP contribution in [0.25, 0.3) is 39.6 Å². The first-order valence-electron chi connectivity index (χ1n) is 19.1. The Hall–Kier alpha value is -7.99. The highest BCUT2D eigenvalue weighted by atomic mass is 15.3. The van der Waals surface area contributed by atoms with Gasteiger partial charge in [-0.25, -0.2) is 29.9 Å². The molecule has 8 aromatic rings. The van der Waals surface area contributed by atoms with Gasteiger partial charge in [-0.05, 0) is 89.7 Å². The molecule has 272 valence electrons. The first-order chi connectivity index (χ1) is 28.8. The lowest BCUT2D eigenvalue weighted by Crippen LogP contribution is -2.56. The molecular formula is C46H30BN11. The largest absolute Gasteiger partial charge is 0.296 e. The quantitative estimate of drug-likeness (QED) is 0.189. The van der Waals surface area contributed by atoms with Crippen molar-refractivity contribution in [2.45, 2.75) is 6.42 Å². The molecule has 4 aliphatic rings. The van der Waals surface area contributed by atoms with Crippen LogP contribution in [0.15, 0.2) is 180 Å². The second-order valence-electron chi connectivity index (χ2n) is 14.3. The van der Waals surface area contributed by atoms with E-state index in [0.717, 1.165) is 107 Å². The molecule has 0 amide bonds. The first-order valence-corrected chi connectivity index (χ1v) is 19.1. The molecule has 0 saturated heterocycles. The van der Waals surface area contributed by atoms with Crippen LogP contribution in [0.5, 0.6) is 0 Å². The summed E-state index contributed by atoms with van der Waals surface area (Å²) in [4.78, 5) is 39.5. The van der Waals surface area contributed by atoms with Crippen molar-refractivity contribution in [1.29, 1.82) is 0 Å². The van der Waals surface area contributed by atoms with E-state index in [1.165, 1.54) is 0 Å². The van der Waals surface area contributed by atoms with Crippen molar-refractivity contribution >= 4 is 80.8 Å². The van der Waals surface area contributed by atoms with Crippen LogP contribution in [-0.4, -0.2) is 47.0 Å². The Kier molecular flexibility index (Phi) is 6.97. The number of rotatable bonds is 5. The van der Waals surface area contributed by atoms with Crippen LogP contribution in [0.3, 0.4) is 0 Å². The van der Waals surface area contributed by atoms with E-state index < -0.39 is 0 Å². The van der Waals surface area contributed by atoms with E-state index >= 15 is 0 Å². The molecule has 58 heavy (non-hydrogen) atoms. The Labute approximate surface area is 332 Å². The summed E-state index contributed by atoms with van der Waals surface area (Å²) in [6.07, 6.45) is 19.9. The van der Waals surface area contributed by atoms with Gasteiger partial charge >= 0.3 is 0 Å². The van der Waals surface area contributed by atoms with Gasteiger partial charge in [0.25, 0.3) is 6.71 Å². The zero-order chi connectivity index (χ0) is 38.3. The highest BCUT2D eigenvalue weighted by molar-refractivity contribution is 6.95. The topological polar surface area (TPSA) is 106 Å². The van der Waals surface area contributed by atoms with Gasteiger partial charge in [-0.1, -0.05) is 61.2 Å². The van der Waals surface area contributed by atoms with Crippen LogP contribution in [-0.2, 0) is 0 Å². The first kappa shape index (κ1) is 32.3. The molecule has 12 rings (SSSR count). The van der Waals surface area contributed by atoms with Gasteiger partial charge in [-0.15, -0.1) is 0 Å². The van der Waals surface area contributed by atoms with Crippen molar-refractivity contribution in [3.05, 3.63) is 181 Å². The minimum atomic E-state index is -0.332. The lowest BCUT2D eigenvalue weighted by molar-refractivity contribution is 0.954. The summed E-state index contributed by atoms with van der Waals surface area (Å²) < 4.78 is 4.55.